The first-order valence-electron chi connectivity index (χ1n) is 8.93. The van der Waals surface area contributed by atoms with Crippen LogP contribution in [0.1, 0.15) is 32.5 Å². The van der Waals surface area contributed by atoms with Crippen LogP contribution >= 0.6 is 11.3 Å². The van der Waals surface area contributed by atoms with E-state index < -0.39 is 24.3 Å². The van der Waals surface area contributed by atoms with Crippen LogP contribution < -0.4 is 10.6 Å². The highest BCUT2D eigenvalue weighted by Gasteiger charge is 2.20. The Morgan fingerprint density at radius 1 is 1.14 bits per heavy atom. The zero-order chi connectivity index (χ0) is 21.0. The molecule has 1 aromatic heterocycles. The average Bonchev–Trinajstić information content (AvgIpc) is 3.04. The summed E-state index contributed by atoms with van der Waals surface area (Å²) in [5, 5.41) is 5.64. The number of hydrogen-bond acceptors (Lipinski definition) is 5. The van der Waals surface area contributed by atoms with Gasteiger partial charge < -0.3 is 15.4 Å². The Labute approximate surface area is 170 Å². The number of benzene rings is 2. The monoisotopic (exact) mass is 414 g/mol. The fourth-order valence-electron chi connectivity index (χ4n) is 2.84. The van der Waals surface area contributed by atoms with Crippen LogP contribution in [-0.2, 0) is 9.53 Å². The van der Waals surface area contributed by atoms with Gasteiger partial charge in [-0.05, 0) is 49.7 Å². The Morgan fingerprint density at radius 2 is 1.90 bits per heavy atom. The molecule has 6 nitrogen and oxygen atoms in total. The van der Waals surface area contributed by atoms with Crippen LogP contribution in [0.15, 0.2) is 42.5 Å². The van der Waals surface area contributed by atoms with Crippen LogP contribution in [0.2, 0.25) is 0 Å². The molecule has 3 rings (SSSR count). The third-order valence-corrected chi connectivity index (χ3v) is 5.41. The summed E-state index contributed by atoms with van der Waals surface area (Å²) in [6, 6.07) is 11.1. The number of amides is 2. The number of aryl methyl sites for hydroxylation is 1. The molecule has 2 N–H and O–H groups in total. The van der Waals surface area contributed by atoms with Gasteiger partial charge in [-0.2, -0.15) is 0 Å². The van der Waals surface area contributed by atoms with E-state index in [-0.39, 0.29) is 10.8 Å². The van der Waals surface area contributed by atoms with Crippen molar-refractivity contribution in [3.63, 3.8) is 0 Å². The van der Waals surface area contributed by atoms with Crippen molar-refractivity contribution in [3.8, 4) is 0 Å². The van der Waals surface area contributed by atoms with Gasteiger partial charge in [0.25, 0.3) is 11.8 Å². The zero-order valence-corrected chi connectivity index (χ0v) is 16.7. The molecule has 150 valence electrons. The molecule has 0 saturated heterocycles. The maximum atomic E-state index is 14.0. The summed E-state index contributed by atoms with van der Waals surface area (Å²) in [6.45, 7) is 3.45. The second kappa shape index (κ2) is 8.83. The van der Waals surface area contributed by atoms with E-state index >= 15 is 0 Å². The number of rotatable bonds is 6. The average molecular weight is 414 g/mol. The Kier molecular flexibility index (Phi) is 6.23. The van der Waals surface area contributed by atoms with Gasteiger partial charge in [-0.3, -0.25) is 9.59 Å². The van der Waals surface area contributed by atoms with E-state index in [0.717, 1.165) is 11.3 Å². The van der Waals surface area contributed by atoms with Gasteiger partial charge in [0.2, 0.25) is 0 Å². The quantitative estimate of drug-likeness (QED) is 0.600. The number of esters is 1. The summed E-state index contributed by atoms with van der Waals surface area (Å²) in [4.78, 5) is 36.6. The maximum Gasteiger partial charge on any atom is 0.349 e. The SMILES string of the molecule is CCNC(=O)c1cccc(NC(=O)COC(=O)c2sc3cccc(F)c3c2C)c1. The number of carbonyl (C=O) groups excluding carboxylic acids is 3. The molecule has 2 aromatic carbocycles. The van der Waals surface area contributed by atoms with Crippen molar-refractivity contribution in [2.75, 3.05) is 18.5 Å². The van der Waals surface area contributed by atoms with Crippen LogP contribution in [-0.4, -0.2) is 30.9 Å². The molecule has 3 aromatic rings. The highest BCUT2D eigenvalue weighted by Crippen LogP contribution is 2.32. The normalized spacial score (nSPS) is 10.6. The molecule has 0 spiro atoms. The molecular formula is C21H19FN2O4S. The molecule has 0 atom stereocenters. The first-order chi connectivity index (χ1) is 13.9. The molecule has 0 aliphatic carbocycles. The van der Waals surface area contributed by atoms with Crippen molar-refractivity contribution < 1.29 is 23.5 Å². The summed E-state index contributed by atoms with van der Waals surface area (Å²) < 4.78 is 19.7. The third-order valence-electron chi connectivity index (χ3n) is 4.17. The minimum Gasteiger partial charge on any atom is -0.451 e. The van der Waals surface area contributed by atoms with E-state index in [2.05, 4.69) is 10.6 Å². The minimum absolute atomic E-state index is 0.248. The lowest BCUT2D eigenvalue weighted by Gasteiger charge is -2.08. The van der Waals surface area contributed by atoms with E-state index in [4.69, 9.17) is 4.74 Å². The summed E-state index contributed by atoms with van der Waals surface area (Å²) in [5.41, 5.74) is 1.31. The van der Waals surface area contributed by atoms with Crippen LogP contribution in [0.4, 0.5) is 10.1 Å². The number of anilines is 1. The van der Waals surface area contributed by atoms with E-state index in [1.807, 2.05) is 6.92 Å². The van der Waals surface area contributed by atoms with Gasteiger partial charge in [-0.1, -0.05) is 12.1 Å². The highest BCUT2D eigenvalue weighted by molar-refractivity contribution is 7.21. The fraction of sp³-hybridized carbons (Fsp3) is 0.190. The zero-order valence-electron chi connectivity index (χ0n) is 15.9. The van der Waals surface area contributed by atoms with E-state index in [1.54, 1.807) is 37.3 Å². The van der Waals surface area contributed by atoms with E-state index in [0.29, 0.717) is 33.4 Å². The van der Waals surface area contributed by atoms with Crippen LogP contribution in [0.5, 0.6) is 0 Å². The van der Waals surface area contributed by atoms with Gasteiger partial charge in [-0.25, -0.2) is 9.18 Å². The predicted octanol–water partition coefficient (Wildman–Crippen LogP) is 3.89. The van der Waals surface area contributed by atoms with Crippen LogP contribution in [0, 0.1) is 12.7 Å². The van der Waals surface area contributed by atoms with Crippen molar-refractivity contribution in [3.05, 3.63) is 64.3 Å². The number of thiophene rings is 1. The van der Waals surface area contributed by atoms with Gasteiger partial charge in [0.05, 0.1) is 0 Å². The lowest BCUT2D eigenvalue weighted by atomic mass is 10.1. The summed E-state index contributed by atoms with van der Waals surface area (Å²) in [7, 11) is 0. The number of fused-ring (bicyclic) bond motifs is 1. The fourth-order valence-corrected chi connectivity index (χ4v) is 3.96. The number of ether oxygens (including phenoxy) is 1. The largest absolute Gasteiger partial charge is 0.451 e. The molecule has 0 fully saturated rings. The minimum atomic E-state index is -0.686. The molecule has 0 aliphatic heterocycles. The lowest BCUT2D eigenvalue weighted by Crippen LogP contribution is -2.23. The Hall–Kier alpha value is -3.26. The van der Waals surface area contributed by atoms with Crippen molar-refractivity contribution in [1.29, 1.82) is 0 Å². The second-order valence-corrected chi connectivity index (χ2v) is 7.29. The second-order valence-electron chi connectivity index (χ2n) is 6.23. The molecule has 8 heteroatoms. The summed E-state index contributed by atoms with van der Waals surface area (Å²) in [6.07, 6.45) is 0. The smallest absolute Gasteiger partial charge is 0.349 e. The lowest BCUT2D eigenvalue weighted by molar-refractivity contribution is -0.119. The molecule has 0 bridgehead atoms. The molecule has 2 amide bonds. The Balaban J connectivity index is 1.63. The van der Waals surface area contributed by atoms with Crippen LogP contribution in [0.25, 0.3) is 10.1 Å². The van der Waals surface area contributed by atoms with Crippen LogP contribution in [0.3, 0.4) is 0 Å². The van der Waals surface area contributed by atoms with Gasteiger partial charge in [-0.15, -0.1) is 11.3 Å². The van der Waals surface area contributed by atoms with Gasteiger partial charge >= 0.3 is 5.97 Å². The number of carbonyl (C=O) groups is 3. The summed E-state index contributed by atoms with van der Waals surface area (Å²) in [5.74, 6) is -1.88. The molecule has 0 unspecified atom stereocenters. The number of nitrogens with one attached hydrogen (secondary N) is 2. The summed E-state index contributed by atoms with van der Waals surface area (Å²) >= 11 is 1.12. The molecule has 0 aliphatic rings. The van der Waals surface area contributed by atoms with Crippen molar-refractivity contribution >= 4 is 44.9 Å². The van der Waals surface area contributed by atoms with Crippen molar-refractivity contribution in [2.24, 2.45) is 0 Å². The molecular weight excluding hydrogens is 395 g/mol. The molecule has 29 heavy (non-hydrogen) atoms. The first kappa shape index (κ1) is 20.5. The standard InChI is InChI=1S/C21H19FN2O4S/c1-3-23-20(26)13-6-4-7-14(10-13)24-17(25)11-28-21(27)19-12(2)18-15(22)8-5-9-16(18)29-19/h4-10H,3,11H2,1-2H3,(H,23,26)(H,24,25). The number of hydrogen-bond donors (Lipinski definition) is 2. The van der Waals surface area contributed by atoms with Crippen molar-refractivity contribution in [2.45, 2.75) is 13.8 Å². The van der Waals surface area contributed by atoms with Crippen molar-refractivity contribution in [1.82, 2.24) is 5.32 Å². The predicted molar refractivity (Wildman–Crippen MR) is 110 cm³/mol. The van der Waals surface area contributed by atoms with Gasteiger partial charge in [0, 0.05) is 27.9 Å². The molecule has 0 radical (unpaired) electrons. The molecule has 1 heterocycles. The van der Waals surface area contributed by atoms with Gasteiger partial charge in [0.15, 0.2) is 6.61 Å². The topological polar surface area (TPSA) is 84.5 Å². The maximum absolute atomic E-state index is 14.0. The Bertz CT molecular complexity index is 1090. The van der Waals surface area contributed by atoms with E-state index in [1.165, 1.54) is 12.1 Å². The molecule has 0 saturated carbocycles. The van der Waals surface area contributed by atoms with E-state index in [9.17, 15) is 18.8 Å². The highest BCUT2D eigenvalue weighted by atomic mass is 32.1. The Morgan fingerprint density at radius 3 is 2.62 bits per heavy atom. The third kappa shape index (κ3) is 4.60. The first-order valence-corrected chi connectivity index (χ1v) is 9.75. The van der Waals surface area contributed by atoms with Gasteiger partial charge in [0.1, 0.15) is 10.7 Å². The number of halogens is 1.